The van der Waals surface area contributed by atoms with Crippen molar-refractivity contribution in [2.75, 3.05) is 0 Å². The normalized spacial score (nSPS) is 11.1. The lowest BCUT2D eigenvalue weighted by atomic mass is 9.89. The summed E-state index contributed by atoms with van der Waals surface area (Å²) in [4.78, 5) is 30.2. The fourth-order valence-corrected chi connectivity index (χ4v) is 1.88. The third kappa shape index (κ3) is 3.49. The molecule has 104 valence electrons. The molecule has 2 N–H and O–H groups in total. The number of carbonyl (C=O) groups is 2. The quantitative estimate of drug-likeness (QED) is 0.819. The van der Waals surface area contributed by atoms with E-state index >= 15 is 0 Å². The van der Waals surface area contributed by atoms with Crippen LogP contribution in [0, 0.1) is 0 Å². The van der Waals surface area contributed by atoms with Gasteiger partial charge < -0.3 is 10.4 Å². The Morgan fingerprint density at radius 3 is 1.95 bits per heavy atom. The monoisotopic (exact) mass is 265 g/mol. The summed E-state index contributed by atoms with van der Waals surface area (Å²) in [5.41, 5.74) is -0.293. The summed E-state index contributed by atoms with van der Waals surface area (Å²) in [6, 6.07) is 0. The van der Waals surface area contributed by atoms with E-state index in [1.54, 1.807) is 0 Å². The molecule has 0 radical (unpaired) electrons. The van der Waals surface area contributed by atoms with Crippen LogP contribution in [0.25, 0.3) is 0 Å². The zero-order chi connectivity index (χ0) is 14.5. The fraction of sp³-hybridized carbons (Fsp3) is 0.538. The van der Waals surface area contributed by atoms with E-state index < -0.39 is 5.97 Å². The molecule has 0 aliphatic heterocycles. The summed E-state index contributed by atoms with van der Waals surface area (Å²) in [6.07, 6.45) is 4.75. The molecule has 0 saturated heterocycles. The zero-order valence-electron chi connectivity index (χ0n) is 11.4. The zero-order valence-corrected chi connectivity index (χ0v) is 11.4. The second kappa shape index (κ2) is 6.26. The maximum Gasteiger partial charge on any atom is 0.356 e. The molecule has 1 amide bonds. The second-order valence-corrected chi connectivity index (χ2v) is 4.39. The minimum absolute atomic E-state index is 0.129. The number of aromatic nitrogens is 2. The predicted molar refractivity (Wildman–Crippen MR) is 70.1 cm³/mol. The summed E-state index contributed by atoms with van der Waals surface area (Å²) >= 11 is 0. The van der Waals surface area contributed by atoms with Crippen LogP contribution in [0.15, 0.2) is 12.4 Å². The van der Waals surface area contributed by atoms with Crippen molar-refractivity contribution in [1.29, 1.82) is 0 Å². The number of nitrogens with zero attached hydrogens (tertiary/aromatic N) is 2. The number of aromatic carboxylic acids is 1. The highest BCUT2D eigenvalue weighted by Gasteiger charge is 2.26. The van der Waals surface area contributed by atoms with Gasteiger partial charge in [-0.15, -0.1) is 0 Å². The van der Waals surface area contributed by atoms with Gasteiger partial charge in [0.15, 0.2) is 5.69 Å². The molecule has 1 rings (SSSR count). The number of nitrogens with one attached hydrogen (secondary N) is 1. The molecule has 6 nitrogen and oxygen atoms in total. The van der Waals surface area contributed by atoms with Gasteiger partial charge in [0, 0.05) is 5.54 Å². The molecule has 0 spiro atoms. The van der Waals surface area contributed by atoms with Gasteiger partial charge in [-0.1, -0.05) is 20.8 Å². The first-order valence-electron chi connectivity index (χ1n) is 6.35. The lowest BCUT2D eigenvalue weighted by Crippen LogP contribution is -2.47. The van der Waals surface area contributed by atoms with Crippen molar-refractivity contribution in [2.45, 2.75) is 45.6 Å². The Balaban J connectivity index is 2.86. The highest BCUT2D eigenvalue weighted by molar-refractivity contribution is 5.93. The molecule has 0 aliphatic rings. The van der Waals surface area contributed by atoms with Crippen molar-refractivity contribution in [3.8, 4) is 0 Å². The van der Waals surface area contributed by atoms with Crippen molar-refractivity contribution in [2.24, 2.45) is 0 Å². The first kappa shape index (κ1) is 15.1. The third-order valence-electron chi connectivity index (χ3n) is 3.51. The van der Waals surface area contributed by atoms with Gasteiger partial charge in [0.1, 0.15) is 5.69 Å². The molecular formula is C13H19N3O3. The van der Waals surface area contributed by atoms with Crippen LogP contribution in [0.3, 0.4) is 0 Å². The molecule has 0 bridgehead atoms. The van der Waals surface area contributed by atoms with E-state index in [0.29, 0.717) is 0 Å². The Bertz CT molecular complexity index is 444. The van der Waals surface area contributed by atoms with Gasteiger partial charge in [0.2, 0.25) is 0 Å². The Morgan fingerprint density at radius 1 is 1.11 bits per heavy atom. The summed E-state index contributed by atoms with van der Waals surface area (Å²) < 4.78 is 0. The van der Waals surface area contributed by atoms with Crippen LogP contribution in [0.5, 0.6) is 0 Å². The van der Waals surface area contributed by atoms with E-state index in [4.69, 9.17) is 5.11 Å². The van der Waals surface area contributed by atoms with Gasteiger partial charge in [-0.25, -0.2) is 14.8 Å². The highest BCUT2D eigenvalue weighted by Crippen LogP contribution is 2.19. The van der Waals surface area contributed by atoms with Crippen LogP contribution >= 0.6 is 0 Å². The van der Waals surface area contributed by atoms with E-state index in [2.05, 4.69) is 15.3 Å². The van der Waals surface area contributed by atoms with E-state index in [-0.39, 0.29) is 22.8 Å². The third-order valence-corrected chi connectivity index (χ3v) is 3.51. The Morgan fingerprint density at radius 2 is 1.58 bits per heavy atom. The van der Waals surface area contributed by atoms with Crippen molar-refractivity contribution in [3.63, 3.8) is 0 Å². The summed E-state index contributed by atoms with van der Waals surface area (Å²) in [5.74, 6) is -1.49. The first-order valence-corrected chi connectivity index (χ1v) is 6.35. The smallest absolute Gasteiger partial charge is 0.356 e. The number of carboxylic acid groups (broad SMARTS) is 1. The van der Waals surface area contributed by atoms with E-state index in [1.165, 1.54) is 6.20 Å². The van der Waals surface area contributed by atoms with Crippen LogP contribution in [0.4, 0.5) is 0 Å². The van der Waals surface area contributed by atoms with Gasteiger partial charge in [-0.3, -0.25) is 4.79 Å². The maximum atomic E-state index is 12.1. The Hall–Kier alpha value is -1.98. The SMILES string of the molecule is CCC(CC)(CC)NC(=O)c1cnc(C(=O)O)cn1. The standard InChI is InChI=1S/C13H19N3O3/c1-4-13(5-2,6-3)16-11(17)9-7-15-10(8-14-9)12(18)19/h7-8H,4-6H2,1-3H3,(H,16,17)(H,18,19). The van der Waals surface area contributed by atoms with Gasteiger partial charge in [0.25, 0.3) is 5.91 Å². The molecule has 0 unspecified atom stereocenters. The first-order chi connectivity index (χ1) is 8.98. The number of amides is 1. The second-order valence-electron chi connectivity index (χ2n) is 4.39. The molecule has 0 atom stereocenters. The molecule has 1 heterocycles. The predicted octanol–water partition coefficient (Wildman–Crippen LogP) is 1.87. The number of carbonyl (C=O) groups excluding carboxylic acids is 1. The number of hydrogen-bond donors (Lipinski definition) is 2. The van der Waals surface area contributed by atoms with Crippen LogP contribution in [-0.2, 0) is 0 Å². The molecule has 6 heteroatoms. The molecule has 0 fully saturated rings. The van der Waals surface area contributed by atoms with E-state index in [0.717, 1.165) is 25.5 Å². The molecule has 0 aliphatic carbocycles. The minimum atomic E-state index is -1.16. The Labute approximate surface area is 112 Å². The van der Waals surface area contributed by atoms with Crippen LogP contribution in [0.2, 0.25) is 0 Å². The minimum Gasteiger partial charge on any atom is -0.476 e. The van der Waals surface area contributed by atoms with Crippen molar-refractivity contribution in [3.05, 3.63) is 23.8 Å². The highest BCUT2D eigenvalue weighted by atomic mass is 16.4. The number of hydrogen-bond acceptors (Lipinski definition) is 4. The number of carboxylic acids is 1. The molecule has 0 aromatic carbocycles. The van der Waals surface area contributed by atoms with Crippen LogP contribution < -0.4 is 5.32 Å². The van der Waals surface area contributed by atoms with E-state index in [9.17, 15) is 9.59 Å². The topological polar surface area (TPSA) is 92.2 Å². The average Bonchev–Trinajstić information content (AvgIpc) is 2.45. The lowest BCUT2D eigenvalue weighted by molar-refractivity contribution is 0.0688. The van der Waals surface area contributed by atoms with Crippen molar-refractivity contribution < 1.29 is 14.7 Å². The molecular weight excluding hydrogens is 246 g/mol. The molecule has 0 saturated carbocycles. The van der Waals surface area contributed by atoms with E-state index in [1.807, 2.05) is 20.8 Å². The maximum absolute atomic E-state index is 12.1. The molecule has 1 aromatic heterocycles. The van der Waals surface area contributed by atoms with Gasteiger partial charge in [-0.05, 0) is 19.3 Å². The Kier molecular flexibility index (Phi) is 4.97. The fourth-order valence-electron chi connectivity index (χ4n) is 1.88. The summed E-state index contributed by atoms with van der Waals surface area (Å²) in [6.45, 7) is 6.06. The van der Waals surface area contributed by atoms with Gasteiger partial charge >= 0.3 is 5.97 Å². The summed E-state index contributed by atoms with van der Waals surface area (Å²) in [5, 5.41) is 11.7. The van der Waals surface area contributed by atoms with Crippen LogP contribution in [-0.4, -0.2) is 32.5 Å². The lowest BCUT2D eigenvalue weighted by Gasteiger charge is -2.31. The molecule has 1 aromatic rings. The van der Waals surface area contributed by atoms with Crippen LogP contribution in [0.1, 0.15) is 61.0 Å². The van der Waals surface area contributed by atoms with Gasteiger partial charge in [-0.2, -0.15) is 0 Å². The largest absolute Gasteiger partial charge is 0.476 e. The molecule has 19 heavy (non-hydrogen) atoms. The van der Waals surface area contributed by atoms with Gasteiger partial charge in [0.05, 0.1) is 12.4 Å². The number of rotatable bonds is 6. The van der Waals surface area contributed by atoms with Crippen molar-refractivity contribution in [1.82, 2.24) is 15.3 Å². The summed E-state index contributed by atoms with van der Waals surface area (Å²) in [7, 11) is 0. The average molecular weight is 265 g/mol. The van der Waals surface area contributed by atoms with Crippen molar-refractivity contribution >= 4 is 11.9 Å².